The van der Waals surface area contributed by atoms with Crippen LogP contribution in [0, 0.1) is 5.82 Å². The van der Waals surface area contributed by atoms with E-state index in [2.05, 4.69) is 15.9 Å². The van der Waals surface area contributed by atoms with Gasteiger partial charge in [0.25, 0.3) is 0 Å². The van der Waals surface area contributed by atoms with Gasteiger partial charge in [0.05, 0.1) is 5.56 Å². The van der Waals surface area contributed by atoms with Crippen LogP contribution in [0.15, 0.2) is 24.3 Å². The molecule has 0 aliphatic carbocycles. The fraction of sp³-hybridized carbons (Fsp3) is 0.222. The molecule has 0 amide bonds. The van der Waals surface area contributed by atoms with Gasteiger partial charge in [-0.2, -0.15) is 0 Å². The number of alkyl halides is 1. The predicted octanol–water partition coefficient (Wildman–Crippen LogP) is 2.79. The van der Waals surface area contributed by atoms with Crippen molar-refractivity contribution in [3.8, 4) is 0 Å². The Morgan fingerprint density at radius 3 is 2.67 bits per heavy atom. The van der Waals surface area contributed by atoms with Crippen LogP contribution in [0.3, 0.4) is 0 Å². The minimum Gasteiger partial charge on any atom is -0.294 e. The third-order valence-corrected chi connectivity index (χ3v) is 1.89. The van der Waals surface area contributed by atoms with Gasteiger partial charge in [0, 0.05) is 11.8 Å². The van der Waals surface area contributed by atoms with Crippen molar-refractivity contribution in [3.05, 3.63) is 35.6 Å². The highest BCUT2D eigenvalue weighted by Crippen LogP contribution is 2.09. The molecule has 0 saturated heterocycles. The summed E-state index contributed by atoms with van der Waals surface area (Å²) in [6, 6.07) is 6.02. The summed E-state index contributed by atoms with van der Waals surface area (Å²) in [5, 5.41) is 0.570. The SMILES string of the molecule is O=C(CCBr)c1ccccc1F. The molecule has 0 spiro atoms. The number of hydrogen-bond donors (Lipinski definition) is 0. The van der Waals surface area contributed by atoms with Crippen LogP contribution in [-0.2, 0) is 0 Å². The number of carbonyl (C=O) groups is 1. The largest absolute Gasteiger partial charge is 0.294 e. The highest BCUT2D eigenvalue weighted by atomic mass is 79.9. The second-order valence-corrected chi connectivity index (χ2v) is 3.14. The fourth-order valence-electron chi connectivity index (χ4n) is 0.908. The lowest BCUT2D eigenvalue weighted by Crippen LogP contribution is -2.02. The molecule has 1 nitrogen and oxygen atoms in total. The van der Waals surface area contributed by atoms with Crippen molar-refractivity contribution in [2.75, 3.05) is 5.33 Å². The third-order valence-electron chi connectivity index (χ3n) is 1.50. The molecule has 1 aromatic rings. The smallest absolute Gasteiger partial charge is 0.166 e. The number of hydrogen-bond acceptors (Lipinski definition) is 1. The molecule has 0 aliphatic rings. The summed E-state index contributed by atoms with van der Waals surface area (Å²) >= 11 is 3.13. The van der Waals surface area contributed by atoms with Crippen LogP contribution in [0.2, 0.25) is 0 Å². The lowest BCUT2D eigenvalue weighted by Gasteiger charge is -1.98. The lowest BCUT2D eigenvalue weighted by atomic mass is 10.1. The van der Waals surface area contributed by atoms with E-state index in [0.717, 1.165) is 0 Å². The molecule has 0 fully saturated rings. The predicted molar refractivity (Wildman–Crippen MR) is 49.1 cm³/mol. The first kappa shape index (κ1) is 9.39. The average Bonchev–Trinajstić information content (AvgIpc) is 2.05. The molecule has 12 heavy (non-hydrogen) atoms. The molecule has 1 rings (SSSR count). The van der Waals surface area contributed by atoms with Gasteiger partial charge in [0.1, 0.15) is 5.82 Å². The molecule has 64 valence electrons. The van der Waals surface area contributed by atoms with Gasteiger partial charge in [0.15, 0.2) is 5.78 Å². The molecule has 0 aromatic heterocycles. The Hall–Kier alpha value is -0.700. The first-order valence-corrected chi connectivity index (χ1v) is 4.71. The maximum atomic E-state index is 12.9. The maximum Gasteiger partial charge on any atom is 0.166 e. The number of ketones is 1. The molecule has 0 unspecified atom stereocenters. The third kappa shape index (κ3) is 2.14. The molecule has 0 saturated carbocycles. The van der Waals surface area contributed by atoms with Crippen LogP contribution in [0.5, 0.6) is 0 Å². The van der Waals surface area contributed by atoms with E-state index in [9.17, 15) is 9.18 Å². The van der Waals surface area contributed by atoms with E-state index in [1.54, 1.807) is 12.1 Å². The van der Waals surface area contributed by atoms with Gasteiger partial charge in [-0.05, 0) is 12.1 Å². The Labute approximate surface area is 78.7 Å². The van der Waals surface area contributed by atoms with E-state index < -0.39 is 5.82 Å². The van der Waals surface area contributed by atoms with Crippen molar-refractivity contribution >= 4 is 21.7 Å². The van der Waals surface area contributed by atoms with Crippen LogP contribution in [0.25, 0.3) is 0 Å². The number of carbonyl (C=O) groups excluding carboxylic acids is 1. The van der Waals surface area contributed by atoms with Crippen molar-refractivity contribution in [2.45, 2.75) is 6.42 Å². The summed E-state index contributed by atoms with van der Waals surface area (Å²) in [7, 11) is 0. The zero-order chi connectivity index (χ0) is 8.97. The Bertz CT molecular complexity index is 286. The lowest BCUT2D eigenvalue weighted by molar-refractivity contribution is 0.0986. The summed E-state index contributed by atoms with van der Waals surface area (Å²) in [5.41, 5.74) is 0.178. The van der Waals surface area contributed by atoms with Crippen LogP contribution in [-0.4, -0.2) is 11.1 Å². The van der Waals surface area contributed by atoms with Crippen molar-refractivity contribution in [3.63, 3.8) is 0 Å². The second-order valence-electron chi connectivity index (χ2n) is 2.34. The summed E-state index contributed by atoms with van der Waals surface area (Å²) < 4.78 is 12.9. The average molecular weight is 231 g/mol. The van der Waals surface area contributed by atoms with Crippen LogP contribution >= 0.6 is 15.9 Å². The fourth-order valence-corrected chi connectivity index (χ4v) is 1.27. The molecule has 0 aliphatic heterocycles. The van der Waals surface area contributed by atoms with Gasteiger partial charge < -0.3 is 0 Å². The van der Waals surface area contributed by atoms with E-state index >= 15 is 0 Å². The molecule has 1 aromatic carbocycles. The van der Waals surface area contributed by atoms with Gasteiger partial charge in [-0.1, -0.05) is 28.1 Å². The first-order valence-electron chi connectivity index (χ1n) is 3.59. The standard InChI is InChI=1S/C9H8BrFO/c10-6-5-9(12)7-3-1-2-4-8(7)11/h1-4H,5-6H2. The Balaban J connectivity index is 2.87. The highest BCUT2D eigenvalue weighted by Gasteiger charge is 2.08. The molecular formula is C9H8BrFO. The monoisotopic (exact) mass is 230 g/mol. The molecule has 3 heteroatoms. The minimum atomic E-state index is -0.441. The Morgan fingerprint density at radius 2 is 2.08 bits per heavy atom. The topological polar surface area (TPSA) is 17.1 Å². The first-order chi connectivity index (χ1) is 5.75. The second kappa shape index (κ2) is 4.36. The summed E-state index contributed by atoms with van der Waals surface area (Å²) in [6.07, 6.45) is 0.334. The number of halogens is 2. The number of rotatable bonds is 3. The van der Waals surface area contributed by atoms with Gasteiger partial charge >= 0.3 is 0 Å². The van der Waals surface area contributed by atoms with Crippen molar-refractivity contribution in [1.82, 2.24) is 0 Å². The normalized spacial score (nSPS) is 9.83. The number of benzene rings is 1. The molecule has 0 atom stereocenters. The maximum absolute atomic E-state index is 12.9. The van der Waals surface area contributed by atoms with E-state index in [0.29, 0.717) is 11.8 Å². The summed E-state index contributed by atoms with van der Waals surface area (Å²) in [5.74, 6) is -0.603. The number of Topliss-reactive ketones (excluding diaryl/α,β-unsaturated/α-hetero) is 1. The quantitative estimate of drug-likeness (QED) is 0.577. The van der Waals surface area contributed by atoms with Crippen LogP contribution in [0.1, 0.15) is 16.8 Å². The van der Waals surface area contributed by atoms with E-state index in [-0.39, 0.29) is 11.3 Å². The minimum absolute atomic E-state index is 0.162. The van der Waals surface area contributed by atoms with Gasteiger partial charge in [0.2, 0.25) is 0 Å². The van der Waals surface area contributed by atoms with Gasteiger partial charge in [-0.3, -0.25) is 4.79 Å². The van der Waals surface area contributed by atoms with E-state index in [1.807, 2.05) is 0 Å². The summed E-state index contributed by atoms with van der Waals surface area (Å²) in [6.45, 7) is 0. The highest BCUT2D eigenvalue weighted by molar-refractivity contribution is 9.09. The zero-order valence-corrected chi connectivity index (χ0v) is 7.97. The summed E-state index contributed by atoms with van der Waals surface area (Å²) in [4.78, 5) is 11.2. The van der Waals surface area contributed by atoms with E-state index in [1.165, 1.54) is 12.1 Å². The van der Waals surface area contributed by atoms with E-state index in [4.69, 9.17) is 0 Å². The van der Waals surface area contributed by atoms with Gasteiger partial charge in [-0.15, -0.1) is 0 Å². The van der Waals surface area contributed by atoms with Gasteiger partial charge in [-0.25, -0.2) is 4.39 Å². The molecule has 0 heterocycles. The van der Waals surface area contributed by atoms with Crippen molar-refractivity contribution < 1.29 is 9.18 Å². The van der Waals surface area contributed by atoms with Crippen LogP contribution < -0.4 is 0 Å². The zero-order valence-electron chi connectivity index (χ0n) is 6.39. The molecular weight excluding hydrogens is 223 g/mol. The molecule has 0 radical (unpaired) electrons. The molecule has 0 bridgehead atoms. The van der Waals surface area contributed by atoms with Crippen LogP contribution in [0.4, 0.5) is 4.39 Å². The van der Waals surface area contributed by atoms with Crippen molar-refractivity contribution in [1.29, 1.82) is 0 Å². The van der Waals surface area contributed by atoms with Crippen molar-refractivity contribution in [2.24, 2.45) is 0 Å². The Morgan fingerprint density at radius 1 is 1.42 bits per heavy atom. The Kier molecular flexibility index (Phi) is 3.41. The molecule has 0 N–H and O–H groups in total.